The van der Waals surface area contributed by atoms with Crippen LogP contribution in [0.4, 0.5) is 5.69 Å². The number of thiophene rings is 1. The molecule has 1 aliphatic rings. The van der Waals surface area contributed by atoms with Gasteiger partial charge in [-0.05, 0) is 56.0 Å². The van der Waals surface area contributed by atoms with Crippen molar-refractivity contribution in [3.05, 3.63) is 46.8 Å². The Kier molecular flexibility index (Phi) is 5.69. The summed E-state index contributed by atoms with van der Waals surface area (Å²) in [5, 5.41) is 2.15. The van der Waals surface area contributed by atoms with Crippen LogP contribution in [0.3, 0.4) is 0 Å². The molecule has 1 aliphatic heterocycles. The molecule has 2 amide bonds. The lowest BCUT2D eigenvalue weighted by Gasteiger charge is -2.39. The summed E-state index contributed by atoms with van der Waals surface area (Å²) in [6.45, 7) is 5.39. The van der Waals surface area contributed by atoms with Gasteiger partial charge in [-0.1, -0.05) is 24.6 Å². The first-order valence-corrected chi connectivity index (χ1v) is 11.5. The van der Waals surface area contributed by atoms with E-state index in [-0.39, 0.29) is 10.6 Å². The molecule has 9 heteroatoms. The lowest BCUT2D eigenvalue weighted by molar-refractivity contribution is -0.122. The highest BCUT2D eigenvalue weighted by molar-refractivity contribution is 7.91. The summed E-state index contributed by atoms with van der Waals surface area (Å²) in [6.07, 6.45) is 0.284. The quantitative estimate of drug-likeness (QED) is 0.638. The third-order valence-corrected chi connectivity index (χ3v) is 8.71. The van der Waals surface area contributed by atoms with Gasteiger partial charge in [0.15, 0.2) is 0 Å². The normalized spacial score (nSPS) is 18.3. The van der Waals surface area contributed by atoms with Crippen molar-refractivity contribution in [3.8, 4) is 0 Å². The van der Waals surface area contributed by atoms with Crippen LogP contribution in [0, 0.1) is 0 Å². The molecule has 3 rings (SSSR count). The number of sulfonamides is 1. The van der Waals surface area contributed by atoms with Gasteiger partial charge in [-0.2, -0.15) is 4.31 Å². The van der Waals surface area contributed by atoms with Crippen LogP contribution in [0.2, 0.25) is 5.02 Å². The minimum Gasteiger partial charge on any atom is -0.274 e. The first-order valence-electron chi connectivity index (χ1n) is 8.80. The number of rotatable bonds is 6. The summed E-state index contributed by atoms with van der Waals surface area (Å²) in [5.74, 6) is -0.982. The average molecular weight is 441 g/mol. The van der Waals surface area contributed by atoms with Crippen molar-refractivity contribution in [3.63, 3.8) is 0 Å². The molecule has 1 aromatic carbocycles. The maximum absolute atomic E-state index is 13.4. The van der Waals surface area contributed by atoms with Gasteiger partial charge < -0.3 is 0 Å². The zero-order valence-electron chi connectivity index (χ0n) is 15.8. The number of benzene rings is 1. The molecule has 0 saturated carbocycles. The highest BCUT2D eigenvalue weighted by Crippen LogP contribution is 2.36. The zero-order valence-corrected chi connectivity index (χ0v) is 18.1. The Hall–Kier alpha value is -1.74. The average Bonchev–Trinajstić information content (AvgIpc) is 3.26. The van der Waals surface area contributed by atoms with Crippen molar-refractivity contribution in [1.29, 1.82) is 0 Å². The number of anilines is 1. The summed E-state index contributed by atoms with van der Waals surface area (Å²) in [5.41, 5.74) is -0.468. The van der Waals surface area contributed by atoms with E-state index in [1.807, 2.05) is 6.92 Å². The fourth-order valence-corrected chi connectivity index (χ4v) is 6.43. The molecule has 1 unspecified atom stereocenters. The van der Waals surface area contributed by atoms with Crippen molar-refractivity contribution in [2.75, 3.05) is 4.90 Å². The van der Waals surface area contributed by atoms with Gasteiger partial charge in [-0.15, -0.1) is 11.3 Å². The summed E-state index contributed by atoms with van der Waals surface area (Å²) in [6, 6.07) is 8.38. The van der Waals surface area contributed by atoms with Crippen LogP contribution in [0.5, 0.6) is 0 Å². The minimum atomic E-state index is -3.95. The number of nitrogens with zero attached hydrogens (tertiary/aromatic N) is 2. The van der Waals surface area contributed by atoms with Gasteiger partial charge in [0.05, 0.1) is 12.1 Å². The lowest BCUT2D eigenvalue weighted by Crippen LogP contribution is -2.55. The molecule has 28 heavy (non-hydrogen) atoms. The lowest BCUT2D eigenvalue weighted by atomic mass is 10.00. The molecule has 2 aromatic rings. The SMILES string of the molecule is CCC(C)(C)N(C1CC(=O)N(c2ccc(Cl)cc2)C1=O)S(=O)(=O)c1cccs1. The standard InChI is InChI=1S/C19H21ClN2O4S2/c1-4-19(2,3)22(28(25,26)17-6-5-11-27-17)15-12-16(23)21(18(15)24)14-9-7-13(20)8-10-14/h5-11,15H,4,12H2,1-3H3. The molecule has 6 nitrogen and oxygen atoms in total. The number of amides is 2. The zero-order chi connectivity index (χ0) is 20.7. The number of hydrogen-bond donors (Lipinski definition) is 0. The van der Waals surface area contributed by atoms with E-state index < -0.39 is 33.4 Å². The van der Waals surface area contributed by atoms with Crippen molar-refractivity contribution in [1.82, 2.24) is 4.31 Å². The second kappa shape index (κ2) is 7.59. The summed E-state index contributed by atoms with van der Waals surface area (Å²) >= 11 is 6.98. The molecule has 2 heterocycles. The first kappa shape index (κ1) is 21.0. The topological polar surface area (TPSA) is 74.8 Å². The monoisotopic (exact) mass is 440 g/mol. The van der Waals surface area contributed by atoms with E-state index in [1.165, 1.54) is 10.4 Å². The predicted octanol–water partition coefficient (Wildman–Crippen LogP) is 3.91. The second-order valence-electron chi connectivity index (χ2n) is 7.16. The molecule has 150 valence electrons. The van der Waals surface area contributed by atoms with Gasteiger partial charge in [-0.25, -0.2) is 13.3 Å². The van der Waals surface area contributed by atoms with E-state index in [9.17, 15) is 18.0 Å². The Morgan fingerprint density at radius 2 is 1.86 bits per heavy atom. The van der Waals surface area contributed by atoms with E-state index in [0.29, 0.717) is 17.1 Å². The number of carbonyl (C=O) groups excluding carboxylic acids is 2. The molecule has 1 fully saturated rings. The molecule has 0 N–H and O–H groups in total. The summed E-state index contributed by atoms with van der Waals surface area (Å²) in [4.78, 5) is 26.9. The molecule has 1 saturated heterocycles. The van der Waals surface area contributed by atoms with Gasteiger partial charge in [0, 0.05) is 10.6 Å². The van der Waals surface area contributed by atoms with E-state index in [4.69, 9.17) is 11.6 Å². The number of hydrogen-bond acceptors (Lipinski definition) is 5. The molecule has 0 spiro atoms. The Labute approximate surface area is 173 Å². The first-order chi connectivity index (χ1) is 13.1. The Morgan fingerprint density at radius 1 is 1.21 bits per heavy atom. The molecule has 0 bridgehead atoms. The number of halogens is 1. The number of imide groups is 1. The molecule has 1 atom stereocenters. The van der Waals surface area contributed by atoms with Crippen molar-refractivity contribution >= 4 is 50.5 Å². The van der Waals surface area contributed by atoms with E-state index in [0.717, 1.165) is 16.2 Å². The molecule has 1 aromatic heterocycles. The van der Waals surface area contributed by atoms with Crippen LogP contribution in [-0.4, -0.2) is 36.1 Å². The van der Waals surface area contributed by atoms with Crippen LogP contribution in [0.15, 0.2) is 46.0 Å². The van der Waals surface area contributed by atoms with E-state index in [1.54, 1.807) is 49.6 Å². The Balaban J connectivity index is 2.06. The summed E-state index contributed by atoms with van der Waals surface area (Å²) in [7, 11) is -3.95. The smallest absolute Gasteiger partial charge is 0.253 e. The molecule has 0 radical (unpaired) electrons. The van der Waals surface area contributed by atoms with Crippen molar-refractivity contribution in [2.24, 2.45) is 0 Å². The molecular weight excluding hydrogens is 420 g/mol. The van der Waals surface area contributed by atoms with Crippen LogP contribution >= 0.6 is 22.9 Å². The molecular formula is C19H21ClN2O4S2. The van der Waals surface area contributed by atoms with Crippen LogP contribution in [0.1, 0.15) is 33.6 Å². The summed E-state index contributed by atoms with van der Waals surface area (Å²) < 4.78 is 28.1. The van der Waals surface area contributed by atoms with Crippen molar-refractivity contribution in [2.45, 2.75) is 49.4 Å². The Bertz CT molecular complexity index is 985. The largest absolute Gasteiger partial charge is 0.274 e. The van der Waals surface area contributed by atoms with Gasteiger partial charge in [0.1, 0.15) is 10.3 Å². The molecule has 0 aliphatic carbocycles. The maximum atomic E-state index is 13.4. The minimum absolute atomic E-state index is 0.152. The highest BCUT2D eigenvalue weighted by atomic mass is 35.5. The fraction of sp³-hybridized carbons (Fsp3) is 0.368. The van der Waals surface area contributed by atoms with Crippen LogP contribution in [0.25, 0.3) is 0 Å². The van der Waals surface area contributed by atoms with Gasteiger partial charge in [-0.3, -0.25) is 9.59 Å². The third-order valence-electron chi connectivity index (χ3n) is 4.96. The highest BCUT2D eigenvalue weighted by Gasteiger charge is 2.51. The van der Waals surface area contributed by atoms with Crippen LogP contribution < -0.4 is 4.90 Å². The van der Waals surface area contributed by atoms with E-state index in [2.05, 4.69) is 0 Å². The second-order valence-corrected chi connectivity index (χ2v) is 10.6. The van der Waals surface area contributed by atoms with Crippen LogP contribution in [-0.2, 0) is 19.6 Å². The van der Waals surface area contributed by atoms with Gasteiger partial charge in [0.2, 0.25) is 5.91 Å². The maximum Gasteiger partial charge on any atom is 0.253 e. The predicted molar refractivity (Wildman–Crippen MR) is 110 cm³/mol. The van der Waals surface area contributed by atoms with Gasteiger partial charge in [0.25, 0.3) is 15.9 Å². The fourth-order valence-electron chi connectivity index (χ4n) is 3.24. The van der Waals surface area contributed by atoms with E-state index >= 15 is 0 Å². The number of carbonyl (C=O) groups is 2. The Morgan fingerprint density at radius 3 is 2.39 bits per heavy atom. The third kappa shape index (κ3) is 3.61. The van der Waals surface area contributed by atoms with Crippen molar-refractivity contribution < 1.29 is 18.0 Å². The van der Waals surface area contributed by atoms with Gasteiger partial charge >= 0.3 is 0 Å².